The lowest BCUT2D eigenvalue weighted by atomic mass is 10.2. The molecule has 2 aromatic rings. The molecule has 1 atom stereocenters. The number of morpholine rings is 1. The van der Waals surface area contributed by atoms with Crippen LogP contribution in [0, 0.1) is 0 Å². The van der Waals surface area contributed by atoms with Crippen molar-refractivity contribution in [1.29, 1.82) is 0 Å². The second kappa shape index (κ2) is 8.00. The molecule has 1 amide bonds. The predicted octanol–water partition coefficient (Wildman–Crippen LogP) is 0.831. The number of amides is 1. The predicted molar refractivity (Wildman–Crippen MR) is 88.6 cm³/mol. The van der Waals surface area contributed by atoms with Gasteiger partial charge in [-0.3, -0.25) is 9.89 Å². The van der Waals surface area contributed by atoms with Crippen molar-refractivity contribution in [1.82, 2.24) is 15.1 Å². The molecule has 1 aliphatic rings. The molecule has 1 aliphatic heterocycles. The van der Waals surface area contributed by atoms with Gasteiger partial charge in [0.25, 0.3) is 5.91 Å². The van der Waals surface area contributed by atoms with Gasteiger partial charge >= 0.3 is 0 Å². The van der Waals surface area contributed by atoms with Crippen molar-refractivity contribution in [3.8, 4) is 11.5 Å². The van der Waals surface area contributed by atoms with Gasteiger partial charge in [0, 0.05) is 6.54 Å². The minimum Gasteiger partial charge on any atom is -0.493 e. The molecule has 0 bridgehead atoms. The van der Waals surface area contributed by atoms with Gasteiger partial charge in [0.05, 0.1) is 38.7 Å². The van der Waals surface area contributed by atoms with Gasteiger partial charge < -0.3 is 24.2 Å². The number of carbonyl (C=O) groups is 1. The number of carbonyl (C=O) groups excluding carboxylic acids is 1. The summed E-state index contributed by atoms with van der Waals surface area (Å²) in [5.41, 5.74) is 0.960. The lowest BCUT2D eigenvalue weighted by Crippen LogP contribution is -2.50. The lowest BCUT2D eigenvalue weighted by Gasteiger charge is -2.33. The average molecular weight is 347 g/mol. The number of aromatic nitrogens is 2. The molecule has 2 heterocycles. The number of para-hydroxylation sites is 2. The fourth-order valence-corrected chi connectivity index (χ4v) is 2.66. The average Bonchev–Trinajstić information content (AvgIpc) is 3.15. The molecule has 134 valence electrons. The number of rotatable bonds is 6. The molecule has 8 heteroatoms. The zero-order valence-corrected chi connectivity index (χ0v) is 14.0. The Morgan fingerprint density at radius 1 is 1.44 bits per heavy atom. The Balaban J connectivity index is 1.64. The first-order valence-electron chi connectivity index (χ1n) is 8.02. The number of aromatic amines is 1. The molecule has 1 aromatic heterocycles. The molecule has 1 aromatic carbocycles. The van der Waals surface area contributed by atoms with Crippen LogP contribution >= 0.6 is 0 Å². The van der Waals surface area contributed by atoms with Gasteiger partial charge in [-0.05, 0) is 18.2 Å². The first-order chi connectivity index (χ1) is 12.2. The van der Waals surface area contributed by atoms with Crippen molar-refractivity contribution in [2.75, 3.05) is 33.5 Å². The first kappa shape index (κ1) is 17.2. The first-order valence-corrected chi connectivity index (χ1v) is 8.02. The molecular weight excluding hydrogens is 326 g/mol. The summed E-state index contributed by atoms with van der Waals surface area (Å²) < 4.78 is 16.2. The van der Waals surface area contributed by atoms with Crippen LogP contribution in [0.25, 0.3) is 0 Å². The molecule has 8 nitrogen and oxygen atoms in total. The number of aliphatic hydroxyl groups is 1. The van der Waals surface area contributed by atoms with Crippen LogP contribution in [0.15, 0.2) is 30.3 Å². The number of nitrogens with one attached hydrogen (secondary N) is 1. The highest BCUT2D eigenvalue weighted by atomic mass is 16.5. The van der Waals surface area contributed by atoms with Crippen LogP contribution in [0.4, 0.5) is 0 Å². The SMILES string of the molecule is COc1ccccc1OCc1cc(C(=O)N2CCOC[C@@H]2CO)n[nH]1. The molecular formula is C17H21N3O5. The second-order valence-corrected chi connectivity index (χ2v) is 5.63. The highest BCUT2D eigenvalue weighted by Gasteiger charge is 2.28. The van der Waals surface area contributed by atoms with Crippen LogP contribution < -0.4 is 9.47 Å². The Morgan fingerprint density at radius 2 is 2.24 bits per heavy atom. The van der Waals surface area contributed by atoms with E-state index in [0.717, 1.165) is 0 Å². The summed E-state index contributed by atoms with van der Waals surface area (Å²) in [6.07, 6.45) is 0. The molecule has 0 spiro atoms. The van der Waals surface area contributed by atoms with Crippen LogP contribution in [0.3, 0.4) is 0 Å². The fourth-order valence-electron chi connectivity index (χ4n) is 2.66. The highest BCUT2D eigenvalue weighted by molar-refractivity contribution is 5.92. The van der Waals surface area contributed by atoms with E-state index in [4.69, 9.17) is 14.2 Å². The number of methoxy groups -OCH3 is 1. The summed E-state index contributed by atoms with van der Waals surface area (Å²) in [6.45, 7) is 1.31. The maximum atomic E-state index is 12.6. The normalized spacial score (nSPS) is 17.4. The quantitative estimate of drug-likeness (QED) is 0.803. The standard InChI is InChI=1S/C17H21N3O5/c1-23-15-4-2-3-5-16(15)25-10-12-8-14(19-18-12)17(22)20-6-7-24-11-13(20)9-21/h2-5,8,13,21H,6-7,9-11H2,1H3,(H,18,19)/t13-/m0/s1. The molecule has 25 heavy (non-hydrogen) atoms. The van der Waals surface area contributed by atoms with Gasteiger partial charge in [-0.2, -0.15) is 5.10 Å². The van der Waals surface area contributed by atoms with E-state index in [1.54, 1.807) is 24.1 Å². The molecule has 0 radical (unpaired) electrons. The molecule has 0 saturated carbocycles. The minimum absolute atomic E-state index is 0.139. The molecule has 1 fully saturated rings. The van der Waals surface area contributed by atoms with Gasteiger partial charge in [-0.25, -0.2) is 0 Å². The third kappa shape index (κ3) is 3.92. The van der Waals surface area contributed by atoms with E-state index in [2.05, 4.69) is 10.2 Å². The summed E-state index contributed by atoms with van der Waals surface area (Å²) >= 11 is 0. The number of hydrogen-bond donors (Lipinski definition) is 2. The largest absolute Gasteiger partial charge is 0.493 e. The topological polar surface area (TPSA) is 96.9 Å². The number of H-pyrrole nitrogens is 1. The van der Waals surface area contributed by atoms with Crippen molar-refractivity contribution >= 4 is 5.91 Å². The van der Waals surface area contributed by atoms with Gasteiger partial charge in [-0.15, -0.1) is 0 Å². The van der Waals surface area contributed by atoms with E-state index in [1.807, 2.05) is 18.2 Å². The summed E-state index contributed by atoms with van der Waals surface area (Å²) in [4.78, 5) is 14.2. The van der Waals surface area contributed by atoms with Crippen LogP contribution in [0.2, 0.25) is 0 Å². The number of aliphatic hydroxyl groups excluding tert-OH is 1. The molecule has 0 unspecified atom stereocenters. The van der Waals surface area contributed by atoms with Gasteiger partial charge in [0.2, 0.25) is 0 Å². The van der Waals surface area contributed by atoms with Gasteiger partial charge in [-0.1, -0.05) is 12.1 Å². The Kier molecular flexibility index (Phi) is 5.52. The monoisotopic (exact) mass is 347 g/mol. The minimum atomic E-state index is -0.341. The maximum absolute atomic E-state index is 12.6. The zero-order valence-electron chi connectivity index (χ0n) is 14.0. The van der Waals surface area contributed by atoms with E-state index < -0.39 is 0 Å². The summed E-state index contributed by atoms with van der Waals surface area (Å²) in [5.74, 6) is 1.01. The van der Waals surface area contributed by atoms with E-state index in [9.17, 15) is 9.90 Å². The Hall–Kier alpha value is -2.58. The van der Waals surface area contributed by atoms with Gasteiger partial charge in [0.1, 0.15) is 6.61 Å². The third-order valence-electron chi connectivity index (χ3n) is 4.00. The van der Waals surface area contributed by atoms with Crippen molar-refractivity contribution < 1.29 is 24.1 Å². The fraction of sp³-hybridized carbons (Fsp3) is 0.412. The Labute approximate surface area is 145 Å². The number of ether oxygens (including phenoxy) is 3. The van der Waals surface area contributed by atoms with Crippen molar-refractivity contribution in [3.05, 3.63) is 41.7 Å². The van der Waals surface area contributed by atoms with E-state index in [0.29, 0.717) is 42.6 Å². The molecule has 1 saturated heterocycles. The molecule has 3 rings (SSSR count). The van der Waals surface area contributed by atoms with Crippen molar-refractivity contribution in [2.24, 2.45) is 0 Å². The van der Waals surface area contributed by atoms with Crippen molar-refractivity contribution in [3.63, 3.8) is 0 Å². The number of nitrogens with zero attached hydrogens (tertiary/aromatic N) is 2. The van der Waals surface area contributed by atoms with E-state index in [-0.39, 0.29) is 25.2 Å². The van der Waals surface area contributed by atoms with Crippen LogP contribution in [-0.4, -0.2) is 65.6 Å². The Bertz CT molecular complexity index is 718. The zero-order chi connectivity index (χ0) is 17.6. The number of benzene rings is 1. The molecule has 0 aliphatic carbocycles. The maximum Gasteiger partial charge on any atom is 0.274 e. The summed E-state index contributed by atoms with van der Waals surface area (Å²) in [5, 5.41) is 16.3. The lowest BCUT2D eigenvalue weighted by molar-refractivity contribution is -0.0186. The summed E-state index contributed by atoms with van der Waals surface area (Å²) in [6, 6.07) is 8.64. The second-order valence-electron chi connectivity index (χ2n) is 5.63. The van der Waals surface area contributed by atoms with Crippen LogP contribution in [0.1, 0.15) is 16.2 Å². The summed E-state index contributed by atoms with van der Waals surface area (Å²) in [7, 11) is 1.58. The van der Waals surface area contributed by atoms with E-state index in [1.165, 1.54) is 0 Å². The third-order valence-corrected chi connectivity index (χ3v) is 4.00. The van der Waals surface area contributed by atoms with Gasteiger partial charge in [0.15, 0.2) is 17.2 Å². The van der Waals surface area contributed by atoms with E-state index >= 15 is 0 Å². The molecule has 2 N–H and O–H groups in total. The Morgan fingerprint density at radius 3 is 3.00 bits per heavy atom. The van der Waals surface area contributed by atoms with Crippen molar-refractivity contribution in [2.45, 2.75) is 12.6 Å². The van der Waals surface area contributed by atoms with Crippen LogP contribution in [-0.2, 0) is 11.3 Å². The van der Waals surface area contributed by atoms with Crippen LogP contribution in [0.5, 0.6) is 11.5 Å². The number of hydrogen-bond acceptors (Lipinski definition) is 6. The smallest absolute Gasteiger partial charge is 0.274 e. The highest BCUT2D eigenvalue weighted by Crippen LogP contribution is 2.26.